The van der Waals surface area contributed by atoms with Gasteiger partial charge < -0.3 is 10.2 Å². The van der Waals surface area contributed by atoms with Crippen molar-refractivity contribution in [1.82, 2.24) is 20.4 Å². The molecule has 0 spiro atoms. The molecule has 1 aromatic heterocycles. The van der Waals surface area contributed by atoms with Gasteiger partial charge in [0.1, 0.15) is 0 Å². The van der Waals surface area contributed by atoms with Gasteiger partial charge in [0.2, 0.25) is 0 Å². The lowest BCUT2D eigenvalue weighted by atomic mass is 9.90. The summed E-state index contributed by atoms with van der Waals surface area (Å²) < 4.78 is 0. The zero-order valence-corrected chi connectivity index (χ0v) is 12.4. The molecule has 1 N–H and O–H groups in total. The summed E-state index contributed by atoms with van der Waals surface area (Å²) in [5.41, 5.74) is 0.619. The molecule has 0 saturated heterocycles. The topological polar surface area (TPSA) is 58.1 Å². The fourth-order valence-electron chi connectivity index (χ4n) is 2.80. The largest absolute Gasteiger partial charge is 0.339 e. The minimum Gasteiger partial charge on any atom is -0.339 e. The van der Waals surface area contributed by atoms with E-state index in [1.54, 1.807) is 12.3 Å². The van der Waals surface area contributed by atoms with Crippen LogP contribution in [0.25, 0.3) is 0 Å². The Hall–Kier alpha value is -1.49. The standard InChI is InChI=1S/C15H24N4O/c1-3-9-16-13-4-6-14(7-5-13)19(2)15(20)12-8-10-17-18-11-12/h8,10-11,13-14,16H,3-7,9H2,1-2H3. The number of hydrogen-bond acceptors (Lipinski definition) is 4. The van der Waals surface area contributed by atoms with E-state index in [4.69, 9.17) is 0 Å². The van der Waals surface area contributed by atoms with Crippen molar-refractivity contribution in [2.45, 2.75) is 51.1 Å². The first-order valence-electron chi connectivity index (χ1n) is 7.49. The lowest BCUT2D eigenvalue weighted by Crippen LogP contribution is -2.43. The maximum absolute atomic E-state index is 12.3. The van der Waals surface area contributed by atoms with E-state index in [1.165, 1.54) is 12.6 Å². The average Bonchev–Trinajstić information content (AvgIpc) is 2.53. The van der Waals surface area contributed by atoms with Crippen molar-refractivity contribution >= 4 is 5.91 Å². The van der Waals surface area contributed by atoms with Crippen LogP contribution in [0.15, 0.2) is 18.5 Å². The number of nitrogens with zero attached hydrogens (tertiary/aromatic N) is 3. The van der Waals surface area contributed by atoms with Gasteiger partial charge in [-0.2, -0.15) is 10.2 Å². The zero-order valence-electron chi connectivity index (χ0n) is 12.4. The molecule has 0 aromatic carbocycles. The monoisotopic (exact) mass is 276 g/mol. The molecule has 2 rings (SSSR count). The van der Waals surface area contributed by atoms with E-state index in [9.17, 15) is 4.79 Å². The van der Waals surface area contributed by atoms with E-state index < -0.39 is 0 Å². The van der Waals surface area contributed by atoms with E-state index in [2.05, 4.69) is 22.4 Å². The van der Waals surface area contributed by atoms with Crippen LogP contribution >= 0.6 is 0 Å². The van der Waals surface area contributed by atoms with Gasteiger partial charge in [-0.3, -0.25) is 4.79 Å². The number of nitrogens with one attached hydrogen (secondary N) is 1. The molecule has 5 heteroatoms. The highest BCUT2D eigenvalue weighted by Gasteiger charge is 2.26. The van der Waals surface area contributed by atoms with Gasteiger partial charge in [-0.05, 0) is 44.7 Å². The Morgan fingerprint density at radius 1 is 1.35 bits per heavy atom. The molecule has 1 saturated carbocycles. The summed E-state index contributed by atoms with van der Waals surface area (Å²) in [6.07, 6.45) is 8.71. The molecular weight excluding hydrogens is 252 g/mol. The minimum absolute atomic E-state index is 0.0462. The fraction of sp³-hybridized carbons (Fsp3) is 0.667. The molecule has 0 unspecified atom stereocenters. The second-order valence-electron chi connectivity index (χ2n) is 5.51. The Kier molecular flexibility index (Phi) is 5.47. The molecule has 1 aliphatic carbocycles. The van der Waals surface area contributed by atoms with Gasteiger partial charge in [0.15, 0.2) is 0 Å². The number of aromatic nitrogens is 2. The smallest absolute Gasteiger partial charge is 0.255 e. The first kappa shape index (κ1) is 14.9. The third-order valence-corrected chi connectivity index (χ3v) is 4.08. The lowest BCUT2D eigenvalue weighted by Gasteiger charge is -2.35. The first-order chi connectivity index (χ1) is 9.72. The quantitative estimate of drug-likeness (QED) is 0.892. The SMILES string of the molecule is CCCNC1CCC(N(C)C(=O)c2ccnnc2)CC1. The molecular formula is C15H24N4O. The van der Waals surface area contributed by atoms with Crippen LogP contribution in [0.4, 0.5) is 0 Å². The van der Waals surface area contributed by atoms with E-state index in [-0.39, 0.29) is 5.91 Å². The summed E-state index contributed by atoms with van der Waals surface area (Å²) in [7, 11) is 1.90. The number of amides is 1. The van der Waals surface area contributed by atoms with E-state index >= 15 is 0 Å². The van der Waals surface area contributed by atoms with Crippen LogP contribution in [0.5, 0.6) is 0 Å². The molecule has 5 nitrogen and oxygen atoms in total. The Bertz CT molecular complexity index is 415. The van der Waals surface area contributed by atoms with Crippen molar-refractivity contribution in [3.8, 4) is 0 Å². The van der Waals surface area contributed by atoms with Crippen molar-refractivity contribution < 1.29 is 4.79 Å². The summed E-state index contributed by atoms with van der Waals surface area (Å²) >= 11 is 0. The molecule has 1 aromatic rings. The first-order valence-corrected chi connectivity index (χ1v) is 7.49. The number of carbonyl (C=O) groups excluding carboxylic acids is 1. The average molecular weight is 276 g/mol. The highest BCUT2D eigenvalue weighted by Crippen LogP contribution is 2.23. The van der Waals surface area contributed by atoms with Crippen LogP contribution in [-0.4, -0.2) is 46.7 Å². The van der Waals surface area contributed by atoms with Gasteiger partial charge in [0.25, 0.3) is 5.91 Å². The third-order valence-electron chi connectivity index (χ3n) is 4.08. The van der Waals surface area contributed by atoms with Gasteiger partial charge >= 0.3 is 0 Å². The summed E-state index contributed by atoms with van der Waals surface area (Å²) in [4.78, 5) is 14.2. The minimum atomic E-state index is 0.0462. The normalized spacial score (nSPS) is 22.5. The van der Waals surface area contributed by atoms with Crippen molar-refractivity contribution in [1.29, 1.82) is 0 Å². The molecule has 1 amide bonds. The lowest BCUT2D eigenvalue weighted by molar-refractivity contribution is 0.0684. The molecule has 20 heavy (non-hydrogen) atoms. The second-order valence-corrected chi connectivity index (χ2v) is 5.51. The number of hydrogen-bond donors (Lipinski definition) is 1. The van der Waals surface area contributed by atoms with Crippen LogP contribution in [0.2, 0.25) is 0 Å². The molecule has 0 radical (unpaired) electrons. The molecule has 1 heterocycles. The van der Waals surface area contributed by atoms with Crippen LogP contribution in [0.1, 0.15) is 49.4 Å². The summed E-state index contributed by atoms with van der Waals surface area (Å²) in [6, 6.07) is 2.69. The summed E-state index contributed by atoms with van der Waals surface area (Å²) in [6.45, 7) is 3.28. The van der Waals surface area contributed by atoms with Crippen LogP contribution in [0.3, 0.4) is 0 Å². The van der Waals surface area contributed by atoms with Crippen molar-refractivity contribution in [3.63, 3.8) is 0 Å². The predicted octanol–water partition coefficient (Wildman–Crippen LogP) is 1.86. The van der Waals surface area contributed by atoms with E-state index in [1.807, 2.05) is 11.9 Å². The van der Waals surface area contributed by atoms with E-state index in [0.29, 0.717) is 17.6 Å². The van der Waals surface area contributed by atoms with E-state index in [0.717, 1.165) is 32.2 Å². The highest BCUT2D eigenvalue weighted by molar-refractivity contribution is 5.93. The molecule has 0 atom stereocenters. The van der Waals surface area contributed by atoms with Gasteiger partial charge in [0.05, 0.1) is 18.0 Å². The van der Waals surface area contributed by atoms with Crippen molar-refractivity contribution in [2.75, 3.05) is 13.6 Å². The van der Waals surface area contributed by atoms with Crippen LogP contribution in [0, 0.1) is 0 Å². The summed E-state index contributed by atoms with van der Waals surface area (Å²) in [5, 5.41) is 11.1. The predicted molar refractivity (Wildman–Crippen MR) is 78.5 cm³/mol. The third kappa shape index (κ3) is 3.76. The second kappa shape index (κ2) is 7.33. The maximum Gasteiger partial charge on any atom is 0.255 e. The Balaban J connectivity index is 1.85. The molecule has 1 aliphatic rings. The summed E-state index contributed by atoms with van der Waals surface area (Å²) in [5.74, 6) is 0.0462. The number of rotatable bonds is 5. The van der Waals surface area contributed by atoms with Gasteiger partial charge in [-0.25, -0.2) is 0 Å². The van der Waals surface area contributed by atoms with Crippen molar-refractivity contribution in [2.24, 2.45) is 0 Å². The van der Waals surface area contributed by atoms with Crippen molar-refractivity contribution in [3.05, 3.63) is 24.0 Å². The van der Waals surface area contributed by atoms with Gasteiger partial charge in [-0.15, -0.1) is 0 Å². The Morgan fingerprint density at radius 3 is 2.70 bits per heavy atom. The van der Waals surface area contributed by atoms with Crippen LogP contribution < -0.4 is 5.32 Å². The Labute approximate surface area is 120 Å². The number of carbonyl (C=O) groups is 1. The fourth-order valence-corrected chi connectivity index (χ4v) is 2.80. The molecule has 0 aliphatic heterocycles. The van der Waals surface area contributed by atoms with Crippen LogP contribution in [-0.2, 0) is 0 Å². The maximum atomic E-state index is 12.3. The van der Waals surface area contributed by atoms with Gasteiger partial charge in [0, 0.05) is 19.1 Å². The molecule has 110 valence electrons. The highest BCUT2D eigenvalue weighted by atomic mass is 16.2. The Morgan fingerprint density at radius 2 is 2.10 bits per heavy atom. The molecule has 1 fully saturated rings. The van der Waals surface area contributed by atoms with Gasteiger partial charge in [-0.1, -0.05) is 6.92 Å². The zero-order chi connectivity index (χ0) is 14.4. The molecule has 0 bridgehead atoms.